The third kappa shape index (κ3) is 2.11. The van der Waals surface area contributed by atoms with Gasteiger partial charge in [0, 0.05) is 22.6 Å². The second-order valence-electron chi connectivity index (χ2n) is 2.70. The van der Waals surface area contributed by atoms with Gasteiger partial charge in [-0.05, 0) is 19.2 Å². The van der Waals surface area contributed by atoms with Crippen molar-refractivity contribution in [3.05, 3.63) is 33.9 Å². The van der Waals surface area contributed by atoms with Crippen molar-refractivity contribution in [1.82, 2.24) is 0 Å². The van der Waals surface area contributed by atoms with Gasteiger partial charge in [0.25, 0.3) is 5.69 Å². The minimum atomic E-state index is -0.503. The average Bonchev–Trinajstić information content (AvgIpc) is 2.16. The number of hydrogen-bond acceptors (Lipinski definition) is 4. The second kappa shape index (κ2) is 4.23. The van der Waals surface area contributed by atoms with Gasteiger partial charge in [-0.1, -0.05) is 0 Å². The van der Waals surface area contributed by atoms with Crippen molar-refractivity contribution in [1.29, 1.82) is 0 Å². The summed E-state index contributed by atoms with van der Waals surface area (Å²) in [6.45, 7) is 1.40. The van der Waals surface area contributed by atoms with E-state index in [-0.39, 0.29) is 11.5 Å². The molecule has 1 aromatic rings. The Bertz CT molecular complexity index is 390. The highest BCUT2D eigenvalue weighted by molar-refractivity contribution is 7.98. The number of non-ortho nitro benzene ring substituents is 1. The van der Waals surface area contributed by atoms with Gasteiger partial charge in [-0.3, -0.25) is 14.9 Å². The third-order valence-electron chi connectivity index (χ3n) is 1.77. The molecule has 0 aliphatic heterocycles. The van der Waals surface area contributed by atoms with Crippen LogP contribution in [0.4, 0.5) is 5.69 Å². The maximum Gasteiger partial charge on any atom is 0.270 e. The van der Waals surface area contributed by atoms with Crippen LogP contribution >= 0.6 is 11.8 Å². The summed E-state index contributed by atoms with van der Waals surface area (Å²) in [7, 11) is 0. The SMILES string of the molecule is CSc1ccc([N+](=O)[O-])cc1C(C)=O. The molecule has 1 rings (SSSR count). The van der Waals surface area contributed by atoms with Crippen molar-refractivity contribution < 1.29 is 9.72 Å². The van der Waals surface area contributed by atoms with Crippen molar-refractivity contribution in [3.63, 3.8) is 0 Å². The van der Waals surface area contributed by atoms with Crippen LogP contribution in [-0.4, -0.2) is 17.0 Å². The van der Waals surface area contributed by atoms with E-state index in [0.29, 0.717) is 5.56 Å². The number of carbonyl (C=O) groups excluding carboxylic acids is 1. The Kier molecular flexibility index (Phi) is 3.24. The molecule has 0 spiro atoms. The Morgan fingerprint density at radius 3 is 2.57 bits per heavy atom. The number of benzene rings is 1. The minimum absolute atomic E-state index is 0.0481. The molecule has 0 fully saturated rings. The lowest BCUT2D eigenvalue weighted by Crippen LogP contribution is -1.97. The number of thioether (sulfide) groups is 1. The zero-order valence-corrected chi connectivity index (χ0v) is 8.63. The van der Waals surface area contributed by atoms with Gasteiger partial charge in [0.2, 0.25) is 0 Å². The van der Waals surface area contributed by atoms with Crippen molar-refractivity contribution in [2.75, 3.05) is 6.26 Å². The maximum absolute atomic E-state index is 11.2. The van der Waals surface area contributed by atoms with E-state index in [1.807, 2.05) is 6.26 Å². The fraction of sp³-hybridized carbons (Fsp3) is 0.222. The van der Waals surface area contributed by atoms with Gasteiger partial charge in [-0.2, -0.15) is 0 Å². The van der Waals surface area contributed by atoms with Crippen molar-refractivity contribution >= 4 is 23.2 Å². The lowest BCUT2D eigenvalue weighted by molar-refractivity contribution is -0.384. The largest absolute Gasteiger partial charge is 0.294 e. The zero-order chi connectivity index (χ0) is 10.7. The monoisotopic (exact) mass is 211 g/mol. The van der Waals surface area contributed by atoms with Crippen LogP contribution in [0.1, 0.15) is 17.3 Å². The molecule has 0 heterocycles. The van der Waals surface area contributed by atoms with Gasteiger partial charge < -0.3 is 0 Å². The number of carbonyl (C=O) groups is 1. The zero-order valence-electron chi connectivity index (χ0n) is 7.81. The van der Waals surface area contributed by atoms with E-state index in [1.54, 1.807) is 6.07 Å². The predicted octanol–water partition coefficient (Wildman–Crippen LogP) is 2.52. The van der Waals surface area contributed by atoms with Crippen LogP contribution in [0.3, 0.4) is 0 Å². The van der Waals surface area contributed by atoms with Gasteiger partial charge in [-0.15, -0.1) is 11.8 Å². The summed E-state index contributed by atoms with van der Waals surface area (Å²) in [6, 6.07) is 4.31. The highest BCUT2D eigenvalue weighted by Crippen LogP contribution is 2.25. The summed E-state index contributed by atoms with van der Waals surface area (Å²) >= 11 is 1.40. The number of Topliss-reactive ketones (excluding diaryl/α,β-unsaturated/α-hetero) is 1. The van der Waals surface area contributed by atoms with E-state index in [2.05, 4.69) is 0 Å². The Hall–Kier alpha value is -1.36. The molecule has 0 N–H and O–H groups in total. The van der Waals surface area contributed by atoms with Crippen LogP contribution in [0.2, 0.25) is 0 Å². The summed E-state index contributed by atoms with van der Waals surface area (Å²) in [5.74, 6) is -0.155. The van der Waals surface area contributed by atoms with Crippen LogP contribution in [0, 0.1) is 10.1 Å². The van der Waals surface area contributed by atoms with E-state index >= 15 is 0 Å². The molecule has 0 aliphatic carbocycles. The van der Waals surface area contributed by atoms with Crippen LogP contribution in [0.25, 0.3) is 0 Å². The van der Waals surface area contributed by atoms with Crippen LogP contribution in [0.5, 0.6) is 0 Å². The molecule has 5 heteroatoms. The predicted molar refractivity (Wildman–Crippen MR) is 54.9 cm³/mol. The summed E-state index contributed by atoms with van der Waals surface area (Å²) in [6.07, 6.45) is 1.83. The lowest BCUT2D eigenvalue weighted by Gasteiger charge is -2.02. The minimum Gasteiger partial charge on any atom is -0.294 e. The van der Waals surface area contributed by atoms with E-state index in [9.17, 15) is 14.9 Å². The third-order valence-corrected chi connectivity index (χ3v) is 2.57. The van der Waals surface area contributed by atoms with Gasteiger partial charge in [0.1, 0.15) is 0 Å². The fourth-order valence-corrected chi connectivity index (χ4v) is 1.71. The molecular weight excluding hydrogens is 202 g/mol. The molecule has 74 valence electrons. The molecule has 0 saturated carbocycles. The number of hydrogen-bond donors (Lipinski definition) is 0. The summed E-state index contributed by atoms with van der Waals surface area (Å²) in [5, 5.41) is 10.5. The standard InChI is InChI=1S/C9H9NO3S/c1-6(11)8-5-7(10(12)13)3-4-9(8)14-2/h3-5H,1-2H3. The van der Waals surface area contributed by atoms with E-state index in [4.69, 9.17) is 0 Å². The molecule has 0 amide bonds. The van der Waals surface area contributed by atoms with Crippen molar-refractivity contribution in [2.45, 2.75) is 11.8 Å². The first-order valence-electron chi connectivity index (χ1n) is 3.89. The Balaban J connectivity index is 3.27. The van der Waals surface area contributed by atoms with Crippen molar-refractivity contribution in [3.8, 4) is 0 Å². The molecule has 0 saturated heterocycles. The van der Waals surface area contributed by atoms with Crippen LogP contribution < -0.4 is 0 Å². The number of rotatable bonds is 3. The second-order valence-corrected chi connectivity index (χ2v) is 3.55. The topological polar surface area (TPSA) is 60.2 Å². The molecule has 0 radical (unpaired) electrons. The molecule has 0 aromatic heterocycles. The number of nitrogens with zero attached hydrogens (tertiary/aromatic N) is 1. The Labute approximate surface area is 85.5 Å². The van der Waals surface area contributed by atoms with E-state index < -0.39 is 4.92 Å². The number of nitro benzene ring substituents is 1. The molecule has 14 heavy (non-hydrogen) atoms. The molecule has 0 unspecified atom stereocenters. The van der Waals surface area contributed by atoms with E-state index in [0.717, 1.165) is 4.90 Å². The Morgan fingerprint density at radius 2 is 2.14 bits per heavy atom. The smallest absolute Gasteiger partial charge is 0.270 e. The van der Waals surface area contributed by atoms with Crippen LogP contribution in [-0.2, 0) is 0 Å². The van der Waals surface area contributed by atoms with Gasteiger partial charge in [0.15, 0.2) is 5.78 Å². The summed E-state index contributed by atoms with van der Waals surface area (Å²) in [4.78, 5) is 21.9. The van der Waals surface area contributed by atoms with E-state index in [1.165, 1.54) is 30.8 Å². The normalized spacial score (nSPS) is 9.86. The highest BCUT2D eigenvalue weighted by atomic mass is 32.2. The maximum atomic E-state index is 11.2. The molecule has 0 aliphatic rings. The molecule has 0 atom stereocenters. The number of nitro groups is 1. The fourth-order valence-electron chi connectivity index (χ4n) is 1.08. The van der Waals surface area contributed by atoms with Crippen molar-refractivity contribution in [2.24, 2.45) is 0 Å². The summed E-state index contributed by atoms with van der Waals surface area (Å²) < 4.78 is 0. The lowest BCUT2D eigenvalue weighted by atomic mass is 10.1. The number of ketones is 1. The highest BCUT2D eigenvalue weighted by Gasteiger charge is 2.12. The first kappa shape index (κ1) is 10.7. The summed E-state index contributed by atoms with van der Waals surface area (Å²) in [5.41, 5.74) is 0.361. The van der Waals surface area contributed by atoms with Gasteiger partial charge >= 0.3 is 0 Å². The molecule has 1 aromatic carbocycles. The van der Waals surface area contributed by atoms with Crippen LogP contribution in [0.15, 0.2) is 23.1 Å². The Morgan fingerprint density at radius 1 is 1.50 bits per heavy atom. The van der Waals surface area contributed by atoms with Gasteiger partial charge in [-0.25, -0.2) is 0 Å². The molecular formula is C9H9NO3S. The molecule has 0 bridgehead atoms. The quantitative estimate of drug-likeness (QED) is 0.333. The first-order chi connectivity index (χ1) is 6.56. The first-order valence-corrected chi connectivity index (χ1v) is 5.12. The average molecular weight is 211 g/mol. The molecule has 4 nitrogen and oxygen atoms in total. The van der Waals surface area contributed by atoms with Gasteiger partial charge in [0.05, 0.1) is 4.92 Å².